The number of hydrogen-bond acceptors (Lipinski definition) is 4. The predicted octanol–water partition coefficient (Wildman–Crippen LogP) is 2.97. The summed E-state index contributed by atoms with van der Waals surface area (Å²) < 4.78 is 5.29. The molecule has 16 heavy (non-hydrogen) atoms. The first-order valence-electron chi connectivity index (χ1n) is 5.35. The van der Waals surface area contributed by atoms with Crippen LogP contribution in [0.2, 0.25) is 0 Å². The Morgan fingerprint density at radius 3 is 2.69 bits per heavy atom. The molecule has 0 radical (unpaired) electrons. The van der Waals surface area contributed by atoms with Crippen LogP contribution in [0.5, 0.6) is 0 Å². The van der Waals surface area contributed by atoms with Crippen molar-refractivity contribution in [1.29, 1.82) is 0 Å². The van der Waals surface area contributed by atoms with Gasteiger partial charge < -0.3 is 9.63 Å². The Balaban J connectivity index is 2.21. The van der Waals surface area contributed by atoms with Crippen molar-refractivity contribution in [3.63, 3.8) is 0 Å². The average Bonchev–Trinajstić information content (AvgIpc) is 2.72. The van der Waals surface area contributed by atoms with E-state index in [2.05, 4.69) is 10.0 Å². The minimum atomic E-state index is -0.185. The maximum absolute atomic E-state index is 9.44. The normalized spacial score (nSPS) is 25.3. The van der Waals surface area contributed by atoms with Gasteiger partial charge in [-0.3, -0.25) is 0 Å². The third-order valence-electron chi connectivity index (χ3n) is 3.04. The van der Waals surface area contributed by atoms with Crippen molar-refractivity contribution in [2.45, 2.75) is 42.7 Å². The minimum Gasteiger partial charge on any atom is -0.393 e. The van der Waals surface area contributed by atoms with Crippen LogP contribution in [0.25, 0.3) is 4.85 Å². The summed E-state index contributed by atoms with van der Waals surface area (Å²) >= 11 is 1.44. The number of aliphatic hydroxyl groups is 1. The van der Waals surface area contributed by atoms with Crippen LogP contribution in [0, 0.1) is 6.57 Å². The molecule has 0 amide bonds. The van der Waals surface area contributed by atoms with E-state index in [0.717, 1.165) is 25.7 Å². The minimum absolute atomic E-state index is 0.185. The molecule has 1 aromatic rings. The second-order valence-electron chi connectivity index (χ2n) is 4.02. The van der Waals surface area contributed by atoms with Gasteiger partial charge in [-0.2, -0.15) is 0 Å². The molecule has 1 heterocycles. The predicted molar refractivity (Wildman–Crippen MR) is 61.8 cm³/mol. The SMILES string of the molecule is [C-]#[N+]c1c(SC)noc1C1CCC(O)CC1. The van der Waals surface area contributed by atoms with Gasteiger partial charge in [-0.15, -0.1) is 11.8 Å². The van der Waals surface area contributed by atoms with E-state index < -0.39 is 0 Å². The molecule has 0 spiro atoms. The van der Waals surface area contributed by atoms with Gasteiger partial charge in [-0.1, -0.05) is 5.16 Å². The first-order chi connectivity index (χ1) is 7.76. The zero-order valence-corrected chi connectivity index (χ0v) is 9.96. The van der Waals surface area contributed by atoms with E-state index >= 15 is 0 Å². The summed E-state index contributed by atoms with van der Waals surface area (Å²) in [6.07, 6.45) is 5.05. The van der Waals surface area contributed by atoms with Crippen LogP contribution in [0.15, 0.2) is 9.55 Å². The van der Waals surface area contributed by atoms with Gasteiger partial charge in [0.1, 0.15) is 10.8 Å². The lowest BCUT2D eigenvalue weighted by atomic mass is 9.85. The second-order valence-corrected chi connectivity index (χ2v) is 4.82. The quantitative estimate of drug-likeness (QED) is 0.635. The van der Waals surface area contributed by atoms with Crippen LogP contribution in [-0.2, 0) is 0 Å². The number of rotatable bonds is 2. The molecule has 0 atom stereocenters. The van der Waals surface area contributed by atoms with Crippen molar-refractivity contribution >= 4 is 17.4 Å². The molecule has 1 saturated carbocycles. The molecule has 86 valence electrons. The van der Waals surface area contributed by atoms with Crippen molar-refractivity contribution in [1.82, 2.24) is 5.16 Å². The van der Waals surface area contributed by atoms with Gasteiger partial charge in [0.2, 0.25) is 0 Å². The van der Waals surface area contributed by atoms with Gasteiger partial charge in [0.05, 0.1) is 12.7 Å². The number of hydrogen-bond donors (Lipinski definition) is 1. The van der Waals surface area contributed by atoms with E-state index in [4.69, 9.17) is 11.1 Å². The van der Waals surface area contributed by atoms with Crippen LogP contribution in [0.1, 0.15) is 37.4 Å². The van der Waals surface area contributed by atoms with Gasteiger partial charge >= 0.3 is 0 Å². The molecule has 0 saturated heterocycles. The van der Waals surface area contributed by atoms with E-state index in [-0.39, 0.29) is 12.0 Å². The molecule has 0 unspecified atom stereocenters. The Morgan fingerprint density at radius 2 is 2.12 bits per heavy atom. The maximum Gasteiger partial charge on any atom is 0.262 e. The molecule has 0 aromatic carbocycles. The fourth-order valence-corrected chi connectivity index (χ4v) is 2.58. The Morgan fingerprint density at radius 1 is 1.44 bits per heavy atom. The molecule has 5 heteroatoms. The Kier molecular flexibility index (Phi) is 3.52. The van der Waals surface area contributed by atoms with E-state index in [0.29, 0.717) is 16.5 Å². The van der Waals surface area contributed by atoms with Crippen LogP contribution >= 0.6 is 11.8 Å². The van der Waals surface area contributed by atoms with Crippen molar-refractivity contribution in [2.75, 3.05) is 6.26 Å². The van der Waals surface area contributed by atoms with E-state index in [1.807, 2.05) is 6.26 Å². The van der Waals surface area contributed by atoms with Crippen molar-refractivity contribution in [2.24, 2.45) is 0 Å². The lowest BCUT2D eigenvalue weighted by Gasteiger charge is -2.23. The highest BCUT2D eigenvalue weighted by atomic mass is 32.2. The third-order valence-corrected chi connectivity index (χ3v) is 3.69. The summed E-state index contributed by atoms with van der Waals surface area (Å²) in [4.78, 5) is 3.51. The van der Waals surface area contributed by atoms with Gasteiger partial charge in [0, 0.05) is 5.92 Å². The average molecular weight is 238 g/mol. The lowest BCUT2D eigenvalue weighted by Crippen LogP contribution is -2.16. The number of thioether (sulfide) groups is 1. The van der Waals surface area contributed by atoms with Crippen LogP contribution in [0.3, 0.4) is 0 Å². The van der Waals surface area contributed by atoms with E-state index in [1.165, 1.54) is 11.8 Å². The topological polar surface area (TPSA) is 50.6 Å². The molecule has 1 aliphatic carbocycles. The summed E-state index contributed by atoms with van der Waals surface area (Å²) in [5.41, 5.74) is 0.564. The Bertz CT molecular complexity index is 403. The first-order valence-corrected chi connectivity index (χ1v) is 6.57. The van der Waals surface area contributed by atoms with Crippen LogP contribution in [-0.4, -0.2) is 22.6 Å². The molecule has 2 rings (SSSR count). The van der Waals surface area contributed by atoms with E-state index in [9.17, 15) is 5.11 Å². The second kappa shape index (κ2) is 4.89. The Hall–Kier alpha value is -0.990. The largest absolute Gasteiger partial charge is 0.393 e. The molecular formula is C11H14N2O2S. The zero-order chi connectivity index (χ0) is 11.5. The van der Waals surface area contributed by atoms with Crippen LogP contribution in [0.4, 0.5) is 5.69 Å². The molecular weight excluding hydrogens is 224 g/mol. The number of aromatic nitrogens is 1. The van der Waals surface area contributed by atoms with Crippen molar-refractivity contribution in [3.05, 3.63) is 17.2 Å². The smallest absolute Gasteiger partial charge is 0.262 e. The highest BCUT2D eigenvalue weighted by Gasteiger charge is 2.28. The monoisotopic (exact) mass is 238 g/mol. The summed E-state index contributed by atoms with van der Waals surface area (Å²) in [6.45, 7) is 7.17. The molecule has 1 aliphatic rings. The van der Waals surface area contributed by atoms with Crippen LogP contribution < -0.4 is 0 Å². The standard InChI is InChI=1S/C11H14N2O2S/c1-12-9-10(15-13-11(9)16-2)7-3-5-8(14)6-4-7/h7-8,14H,3-6H2,2H3. The molecule has 0 bridgehead atoms. The third kappa shape index (κ3) is 2.08. The lowest BCUT2D eigenvalue weighted by molar-refractivity contribution is 0.117. The molecule has 0 aliphatic heterocycles. The van der Waals surface area contributed by atoms with Gasteiger partial charge in [0.15, 0.2) is 0 Å². The van der Waals surface area contributed by atoms with Crippen molar-refractivity contribution < 1.29 is 9.63 Å². The van der Waals surface area contributed by atoms with Gasteiger partial charge in [0.25, 0.3) is 5.69 Å². The summed E-state index contributed by atoms with van der Waals surface area (Å²) in [5.74, 6) is 0.965. The molecule has 1 aromatic heterocycles. The number of nitrogens with zero attached hydrogens (tertiary/aromatic N) is 2. The Labute approximate surface area is 98.8 Å². The summed E-state index contributed by atoms with van der Waals surface area (Å²) in [7, 11) is 0. The molecule has 4 nitrogen and oxygen atoms in total. The highest BCUT2D eigenvalue weighted by molar-refractivity contribution is 7.98. The van der Waals surface area contributed by atoms with Gasteiger partial charge in [-0.05, 0) is 31.9 Å². The summed E-state index contributed by atoms with van der Waals surface area (Å²) in [5, 5.41) is 14.0. The zero-order valence-electron chi connectivity index (χ0n) is 9.14. The molecule has 1 fully saturated rings. The number of aliphatic hydroxyl groups excluding tert-OH is 1. The first kappa shape index (κ1) is 11.5. The van der Waals surface area contributed by atoms with Gasteiger partial charge in [-0.25, -0.2) is 4.85 Å². The fraction of sp³-hybridized carbons (Fsp3) is 0.636. The van der Waals surface area contributed by atoms with Crippen molar-refractivity contribution in [3.8, 4) is 0 Å². The molecule has 1 N–H and O–H groups in total. The fourth-order valence-electron chi connectivity index (χ4n) is 2.13. The van der Waals surface area contributed by atoms with E-state index in [1.54, 1.807) is 0 Å². The summed E-state index contributed by atoms with van der Waals surface area (Å²) in [6, 6.07) is 0. The maximum atomic E-state index is 9.44. The highest BCUT2D eigenvalue weighted by Crippen LogP contribution is 2.41.